The summed E-state index contributed by atoms with van der Waals surface area (Å²) in [6.07, 6.45) is 3.22. The van der Waals surface area contributed by atoms with Crippen LogP contribution in [0.4, 0.5) is 0 Å². The molecule has 7 nitrogen and oxygen atoms in total. The van der Waals surface area contributed by atoms with E-state index < -0.39 is 0 Å². The first-order chi connectivity index (χ1) is 8.59. The molecule has 4 unspecified atom stereocenters. The molecule has 3 aliphatic heterocycles. The standard InChI is InChI=1S/C11H14N4O3/c12-11(13)14-3-4-15-9(16)7-5-1-2-6(18-5)8(7)10(15)17/h1-2,5-8H,3-4H2,(H4,12,13,14). The average molecular weight is 250 g/mol. The fourth-order valence-electron chi connectivity index (χ4n) is 2.86. The van der Waals surface area contributed by atoms with Crippen LogP contribution in [0.5, 0.6) is 0 Å². The Morgan fingerprint density at radius 3 is 2.28 bits per heavy atom. The van der Waals surface area contributed by atoms with Crippen molar-refractivity contribution in [2.24, 2.45) is 28.3 Å². The summed E-state index contributed by atoms with van der Waals surface area (Å²) in [6, 6.07) is 0. The van der Waals surface area contributed by atoms with Crippen molar-refractivity contribution in [1.29, 1.82) is 0 Å². The zero-order valence-corrected chi connectivity index (χ0v) is 9.65. The van der Waals surface area contributed by atoms with Crippen molar-refractivity contribution < 1.29 is 14.3 Å². The normalized spacial score (nSPS) is 36.3. The summed E-state index contributed by atoms with van der Waals surface area (Å²) >= 11 is 0. The number of ether oxygens (including phenoxy) is 1. The van der Waals surface area contributed by atoms with Crippen LogP contribution in [-0.2, 0) is 14.3 Å². The van der Waals surface area contributed by atoms with E-state index in [1.807, 2.05) is 12.2 Å². The maximum Gasteiger partial charge on any atom is 0.236 e. The Morgan fingerprint density at radius 1 is 1.22 bits per heavy atom. The summed E-state index contributed by atoms with van der Waals surface area (Å²) < 4.78 is 5.52. The van der Waals surface area contributed by atoms with Gasteiger partial charge in [0.15, 0.2) is 5.96 Å². The number of nitrogens with zero attached hydrogens (tertiary/aromatic N) is 2. The number of imide groups is 1. The molecule has 0 radical (unpaired) electrons. The maximum atomic E-state index is 12.1. The van der Waals surface area contributed by atoms with Gasteiger partial charge in [-0.2, -0.15) is 0 Å². The number of hydrogen-bond donors (Lipinski definition) is 2. The van der Waals surface area contributed by atoms with Crippen LogP contribution < -0.4 is 11.5 Å². The molecule has 0 aromatic heterocycles. The minimum absolute atomic E-state index is 0.0423. The van der Waals surface area contributed by atoms with E-state index in [-0.39, 0.29) is 54.9 Å². The summed E-state index contributed by atoms with van der Waals surface area (Å²) in [5, 5.41) is 0. The lowest BCUT2D eigenvalue weighted by atomic mass is 9.85. The van der Waals surface area contributed by atoms with Crippen molar-refractivity contribution in [2.45, 2.75) is 12.2 Å². The van der Waals surface area contributed by atoms with E-state index >= 15 is 0 Å². The molecule has 2 saturated heterocycles. The summed E-state index contributed by atoms with van der Waals surface area (Å²) in [6.45, 7) is 0.463. The van der Waals surface area contributed by atoms with E-state index in [1.54, 1.807) is 0 Å². The van der Waals surface area contributed by atoms with E-state index in [1.165, 1.54) is 4.90 Å². The number of carbonyl (C=O) groups excluding carboxylic acids is 2. The fraction of sp³-hybridized carbons (Fsp3) is 0.545. The first-order valence-corrected chi connectivity index (χ1v) is 5.84. The predicted octanol–water partition coefficient (Wildman–Crippen LogP) is -1.80. The highest BCUT2D eigenvalue weighted by molar-refractivity contribution is 6.06. The van der Waals surface area contributed by atoms with E-state index in [9.17, 15) is 9.59 Å². The topological polar surface area (TPSA) is 111 Å². The highest BCUT2D eigenvalue weighted by atomic mass is 16.5. The van der Waals surface area contributed by atoms with Crippen molar-refractivity contribution in [1.82, 2.24) is 4.90 Å². The number of carbonyl (C=O) groups is 2. The van der Waals surface area contributed by atoms with Crippen molar-refractivity contribution in [3.05, 3.63) is 12.2 Å². The number of likely N-dealkylation sites (tertiary alicyclic amines) is 1. The Hall–Kier alpha value is -1.89. The van der Waals surface area contributed by atoms with Gasteiger partial charge in [0.1, 0.15) is 0 Å². The number of fused-ring (bicyclic) bond motifs is 5. The molecule has 96 valence electrons. The Bertz CT molecular complexity index is 439. The largest absolute Gasteiger partial charge is 0.370 e. The van der Waals surface area contributed by atoms with Gasteiger partial charge < -0.3 is 16.2 Å². The molecule has 0 saturated carbocycles. The molecule has 0 aromatic carbocycles. The van der Waals surface area contributed by atoms with Crippen LogP contribution in [0.1, 0.15) is 0 Å². The quantitative estimate of drug-likeness (QED) is 0.266. The highest BCUT2D eigenvalue weighted by Crippen LogP contribution is 2.44. The third-order valence-corrected chi connectivity index (χ3v) is 3.62. The minimum atomic E-state index is -0.355. The molecule has 4 atom stereocenters. The number of rotatable bonds is 3. The number of hydrogen-bond acceptors (Lipinski definition) is 4. The van der Waals surface area contributed by atoms with Gasteiger partial charge in [-0.1, -0.05) is 12.2 Å². The first-order valence-electron chi connectivity index (χ1n) is 5.84. The van der Waals surface area contributed by atoms with Crippen LogP contribution in [0.2, 0.25) is 0 Å². The van der Waals surface area contributed by atoms with Crippen molar-refractivity contribution >= 4 is 17.8 Å². The monoisotopic (exact) mass is 250 g/mol. The number of amides is 2. The maximum absolute atomic E-state index is 12.1. The van der Waals surface area contributed by atoms with Gasteiger partial charge >= 0.3 is 0 Å². The molecule has 0 aromatic rings. The van der Waals surface area contributed by atoms with Crippen LogP contribution in [0.3, 0.4) is 0 Å². The van der Waals surface area contributed by atoms with Crippen LogP contribution in [0, 0.1) is 11.8 Å². The van der Waals surface area contributed by atoms with Crippen LogP contribution in [0.15, 0.2) is 17.1 Å². The molecule has 3 aliphatic rings. The summed E-state index contributed by atoms with van der Waals surface area (Å²) in [5.41, 5.74) is 10.4. The van der Waals surface area contributed by atoms with Crippen LogP contribution in [-0.4, -0.2) is 48.0 Å². The first kappa shape index (κ1) is 11.2. The van der Waals surface area contributed by atoms with Crippen LogP contribution >= 0.6 is 0 Å². The average Bonchev–Trinajstić information content (AvgIpc) is 2.97. The number of nitrogens with two attached hydrogens (primary N) is 2. The molecule has 2 amide bonds. The highest BCUT2D eigenvalue weighted by Gasteiger charge is 2.60. The summed E-state index contributed by atoms with van der Waals surface area (Å²) in [4.78, 5) is 29.3. The SMILES string of the molecule is NC(N)=NCCN1C(=O)C2C3C=CC(O3)C2C1=O. The van der Waals surface area contributed by atoms with E-state index in [0.29, 0.717) is 0 Å². The van der Waals surface area contributed by atoms with E-state index in [2.05, 4.69) is 4.99 Å². The molecule has 7 heteroatoms. The molecule has 2 fully saturated rings. The van der Waals surface area contributed by atoms with Gasteiger partial charge in [-0.05, 0) is 0 Å². The minimum Gasteiger partial charge on any atom is -0.370 e. The van der Waals surface area contributed by atoms with Gasteiger partial charge in [0.25, 0.3) is 0 Å². The molecule has 3 heterocycles. The van der Waals surface area contributed by atoms with E-state index in [4.69, 9.17) is 16.2 Å². The molecule has 0 aliphatic carbocycles. The molecular weight excluding hydrogens is 236 g/mol. The van der Waals surface area contributed by atoms with Gasteiger partial charge in [0, 0.05) is 6.54 Å². The van der Waals surface area contributed by atoms with Gasteiger partial charge in [-0.25, -0.2) is 0 Å². The second-order valence-corrected chi connectivity index (χ2v) is 4.64. The predicted molar refractivity (Wildman–Crippen MR) is 62.2 cm³/mol. The zero-order chi connectivity index (χ0) is 12.9. The third-order valence-electron chi connectivity index (χ3n) is 3.62. The fourth-order valence-corrected chi connectivity index (χ4v) is 2.86. The number of aliphatic imine (C=N–C) groups is 1. The lowest BCUT2D eigenvalue weighted by molar-refractivity contribution is -0.142. The summed E-state index contributed by atoms with van der Waals surface area (Å²) in [5.74, 6) is -1.10. The molecule has 0 spiro atoms. The molecule has 18 heavy (non-hydrogen) atoms. The van der Waals surface area contributed by atoms with Crippen LogP contribution in [0.25, 0.3) is 0 Å². The Kier molecular flexibility index (Phi) is 2.37. The molecular formula is C11H14N4O3. The lowest BCUT2D eigenvalue weighted by Gasteiger charge is -2.16. The second kappa shape index (κ2) is 3.81. The zero-order valence-electron chi connectivity index (χ0n) is 9.65. The smallest absolute Gasteiger partial charge is 0.236 e. The molecule has 4 N–H and O–H groups in total. The number of guanidine groups is 1. The third kappa shape index (κ3) is 1.43. The molecule has 2 bridgehead atoms. The Balaban J connectivity index is 1.74. The second-order valence-electron chi connectivity index (χ2n) is 4.64. The van der Waals surface area contributed by atoms with Crippen molar-refractivity contribution in [2.75, 3.05) is 13.1 Å². The molecule has 3 rings (SSSR count). The van der Waals surface area contributed by atoms with E-state index in [0.717, 1.165) is 0 Å². The lowest BCUT2D eigenvalue weighted by Crippen LogP contribution is -2.36. The van der Waals surface area contributed by atoms with Gasteiger partial charge in [-0.15, -0.1) is 0 Å². The van der Waals surface area contributed by atoms with Crippen molar-refractivity contribution in [3.63, 3.8) is 0 Å². The van der Waals surface area contributed by atoms with Crippen molar-refractivity contribution in [3.8, 4) is 0 Å². The Morgan fingerprint density at radius 2 is 1.78 bits per heavy atom. The Labute approximate surface area is 103 Å². The summed E-state index contributed by atoms with van der Waals surface area (Å²) in [7, 11) is 0. The van der Waals surface area contributed by atoms with Gasteiger partial charge in [0.2, 0.25) is 11.8 Å². The van der Waals surface area contributed by atoms with Gasteiger partial charge in [-0.3, -0.25) is 19.5 Å². The van der Waals surface area contributed by atoms with Gasteiger partial charge in [0.05, 0.1) is 30.6 Å².